The van der Waals surface area contributed by atoms with E-state index in [9.17, 15) is 0 Å². The summed E-state index contributed by atoms with van der Waals surface area (Å²) in [5.41, 5.74) is 3.75. The van der Waals surface area contributed by atoms with Crippen LogP contribution in [0.4, 0.5) is 5.69 Å². The van der Waals surface area contributed by atoms with Gasteiger partial charge in [-0.15, -0.1) is 0 Å². The van der Waals surface area contributed by atoms with Gasteiger partial charge < -0.3 is 10.6 Å². The van der Waals surface area contributed by atoms with Crippen molar-refractivity contribution < 1.29 is 0 Å². The van der Waals surface area contributed by atoms with Gasteiger partial charge in [-0.1, -0.05) is 49.4 Å². The molecule has 0 radical (unpaired) electrons. The number of anilines is 1. The van der Waals surface area contributed by atoms with E-state index >= 15 is 0 Å². The minimum atomic E-state index is 0.740. The maximum absolute atomic E-state index is 3.56. The van der Waals surface area contributed by atoms with Crippen molar-refractivity contribution in [3.05, 3.63) is 54.6 Å². The van der Waals surface area contributed by atoms with E-state index in [1.54, 1.807) is 0 Å². The summed E-state index contributed by atoms with van der Waals surface area (Å²) in [6, 6.07) is 19.2. The molecule has 0 aliphatic carbocycles. The first kappa shape index (κ1) is 13.2. The molecule has 0 amide bonds. The van der Waals surface area contributed by atoms with Gasteiger partial charge in [0.1, 0.15) is 0 Å². The van der Waals surface area contributed by atoms with E-state index in [-0.39, 0.29) is 0 Å². The fourth-order valence-corrected chi connectivity index (χ4v) is 2.80. The Hall–Kier alpha value is -1.80. The van der Waals surface area contributed by atoms with Crippen LogP contribution in [0, 0.1) is 11.8 Å². The fourth-order valence-electron chi connectivity index (χ4n) is 2.80. The molecular weight excluding hydrogens is 244 g/mol. The predicted octanol–water partition coefficient (Wildman–Crippen LogP) is 3.62. The van der Waals surface area contributed by atoms with E-state index in [0.717, 1.165) is 31.5 Å². The highest BCUT2D eigenvalue weighted by molar-refractivity contribution is 5.65. The van der Waals surface area contributed by atoms with Crippen LogP contribution in [-0.2, 0) is 0 Å². The van der Waals surface area contributed by atoms with E-state index in [4.69, 9.17) is 0 Å². The number of rotatable bonds is 4. The van der Waals surface area contributed by atoms with Crippen molar-refractivity contribution in [1.29, 1.82) is 0 Å². The second-order valence-corrected chi connectivity index (χ2v) is 5.72. The van der Waals surface area contributed by atoms with Crippen LogP contribution in [0.2, 0.25) is 0 Å². The Morgan fingerprint density at radius 2 is 1.65 bits per heavy atom. The van der Waals surface area contributed by atoms with Gasteiger partial charge in [0.05, 0.1) is 0 Å². The highest BCUT2D eigenvalue weighted by Gasteiger charge is 2.22. The van der Waals surface area contributed by atoms with Gasteiger partial charge in [-0.3, -0.25) is 0 Å². The molecule has 1 saturated heterocycles. The van der Waals surface area contributed by atoms with Crippen molar-refractivity contribution in [2.24, 2.45) is 11.8 Å². The summed E-state index contributed by atoms with van der Waals surface area (Å²) >= 11 is 0. The molecular formula is C18H22N2. The summed E-state index contributed by atoms with van der Waals surface area (Å²) in [6.07, 6.45) is 0. The molecule has 1 aliphatic rings. The molecule has 0 aromatic heterocycles. The van der Waals surface area contributed by atoms with Crippen molar-refractivity contribution in [2.45, 2.75) is 6.92 Å². The van der Waals surface area contributed by atoms with Crippen LogP contribution in [0.3, 0.4) is 0 Å². The quantitative estimate of drug-likeness (QED) is 0.883. The Morgan fingerprint density at radius 3 is 2.30 bits per heavy atom. The van der Waals surface area contributed by atoms with Gasteiger partial charge in [0.25, 0.3) is 0 Å². The van der Waals surface area contributed by atoms with Crippen LogP contribution in [0.15, 0.2) is 54.6 Å². The molecule has 0 saturated carbocycles. The minimum Gasteiger partial charge on any atom is -0.385 e. The lowest BCUT2D eigenvalue weighted by Crippen LogP contribution is -2.20. The molecule has 2 aromatic carbocycles. The smallest absolute Gasteiger partial charge is 0.0340 e. The SMILES string of the molecule is C[C@@H]1CNC[C@H]1CNc1ccc(-c2ccccc2)cc1. The fraction of sp³-hybridized carbons (Fsp3) is 0.333. The molecule has 3 rings (SSSR count). The highest BCUT2D eigenvalue weighted by Crippen LogP contribution is 2.22. The van der Waals surface area contributed by atoms with E-state index < -0.39 is 0 Å². The zero-order valence-corrected chi connectivity index (χ0v) is 12.0. The number of hydrogen-bond donors (Lipinski definition) is 2. The molecule has 0 spiro atoms. The van der Waals surface area contributed by atoms with Crippen LogP contribution >= 0.6 is 0 Å². The first-order valence-corrected chi connectivity index (χ1v) is 7.43. The largest absolute Gasteiger partial charge is 0.385 e. The molecule has 20 heavy (non-hydrogen) atoms. The molecule has 1 heterocycles. The lowest BCUT2D eigenvalue weighted by Gasteiger charge is -2.16. The summed E-state index contributed by atoms with van der Waals surface area (Å²) in [6.45, 7) is 5.67. The molecule has 1 fully saturated rings. The maximum Gasteiger partial charge on any atom is 0.0340 e. The Morgan fingerprint density at radius 1 is 0.950 bits per heavy atom. The Kier molecular flexibility index (Phi) is 4.03. The van der Waals surface area contributed by atoms with Crippen LogP contribution in [0.5, 0.6) is 0 Å². The summed E-state index contributed by atoms with van der Waals surface area (Å²) in [5, 5.41) is 7.00. The third-order valence-electron chi connectivity index (χ3n) is 4.24. The van der Waals surface area contributed by atoms with Gasteiger partial charge in [-0.25, -0.2) is 0 Å². The van der Waals surface area contributed by atoms with E-state index in [0.29, 0.717) is 0 Å². The van der Waals surface area contributed by atoms with Crippen LogP contribution < -0.4 is 10.6 Å². The maximum atomic E-state index is 3.56. The Balaban J connectivity index is 1.62. The number of nitrogens with one attached hydrogen (secondary N) is 2. The Bertz CT molecular complexity index is 533. The van der Waals surface area contributed by atoms with E-state index in [2.05, 4.69) is 72.2 Å². The average Bonchev–Trinajstić information content (AvgIpc) is 2.92. The zero-order valence-electron chi connectivity index (χ0n) is 12.0. The van der Waals surface area contributed by atoms with Crippen molar-refractivity contribution in [3.8, 4) is 11.1 Å². The average molecular weight is 266 g/mol. The number of hydrogen-bond acceptors (Lipinski definition) is 2. The second-order valence-electron chi connectivity index (χ2n) is 5.72. The van der Waals surface area contributed by atoms with Crippen LogP contribution in [0.25, 0.3) is 11.1 Å². The van der Waals surface area contributed by atoms with Gasteiger partial charge in [-0.05, 0) is 48.2 Å². The van der Waals surface area contributed by atoms with E-state index in [1.165, 1.54) is 16.8 Å². The summed E-state index contributed by atoms with van der Waals surface area (Å²) in [7, 11) is 0. The van der Waals surface area contributed by atoms with Crippen LogP contribution in [-0.4, -0.2) is 19.6 Å². The first-order valence-electron chi connectivity index (χ1n) is 7.43. The lowest BCUT2D eigenvalue weighted by molar-refractivity contribution is 0.475. The third-order valence-corrected chi connectivity index (χ3v) is 4.24. The summed E-state index contributed by atoms with van der Waals surface area (Å²) in [5.74, 6) is 1.51. The molecule has 104 valence electrons. The Labute approximate surface area is 121 Å². The van der Waals surface area contributed by atoms with Crippen molar-refractivity contribution in [1.82, 2.24) is 5.32 Å². The van der Waals surface area contributed by atoms with Gasteiger partial charge in [-0.2, -0.15) is 0 Å². The summed E-state index contributed by atoms with van der Waals surface area (Å²) in [4.78, 5) is 0. The molecule has 2 nitrogen and oxygen atoms in total. The minimum absolute atomic E-state index is 0.740. The van der Waals surface area contributed by atoms with Gasteiger partial charge in [0.15, 0.2) is 0 Å². The van der Waals surface area contributed by atoms with Gasteiger partial charge in [0, 0.05) is 12.2 Å². The van der Waals surface area contributed by atoms with E-state index in [1.807, 2.05) is 0 Å². The van der Waals surface area contributed by atoms with Gasteiger partial charge in [0.2, 0.25) is 0 Å². The second kappa shape index (κ2) is 6.10. The van der Waals surface area contributed by atoms with Crippen molar-refractivity contribution in [2.75, 3.05) is 25.0 Å². The molecule has 2 atom stereocenters. The predicted molar refractivity (Wildman–Crippen MR) is 85.9 cm³/mol. The molecule has 2 aromatic rings. The molecule has 2 heteroatoms. The molecule has 0 bridgehead atoms. The summed E-state index contributed by atoms with van der Waals surface area (Å²) < 4.78 is 0. The highest BCUT2D eigenvalue weighted by atomic mass is 15.0. The van der Waals surface area contributed by atoms with Crippen molar-refractivity contribution in [3.63, 3.8) is 0 Å². The number of benzene rings is 2. The van der Waals surface area contributed by atoms with Crippen molar-refractivity contribution >= 4 is 5.69 Å². The lowest BCUT2D eigenvalue weighted by atomic mass is 9.98. The van der Waals surface area contributed by atoms with Gasteiger partial charge >= 0.3 is 0 Å². The first-order chi connectivity index (χ1) is 9.83. The normalized spacial score (nSPS) is 21.9. The standard InChI is InChI=1S/C18H22N2/c1-14-11-19-12-17(14)13-20-18-9-7-16(8-10-18)15-5-3-2-4-6-15/h2-10,14,17,19-20H,11-13H2,1H3/t14-,17+/m1/s1. The zero-order chi connectivity index (χ0) is 13.8. The molecule has 0 unspecified atom stereocenters. The molecule has 2 N–H and O–H groups in total. The monoisotopic (exact) mass is 266 g/mol. The van der Waals surface area contributed by atoms with Crippen LogP contribution in [0.1, 0.15) is 6.92 Å². The third kappa shape index (κ3) is 3.02. The topological polar surface area (TPSA) is 24.1 Å². The molecule has 1 aliphatic heterocycles.